The Morgan fingerprint density at radius 1 is 1.32 bits per heavy atom. The first-order chi connectivity index (χ1) is 11.9. The van der Waals surface area contributed by atoms with Crippen molar-refractivity contribution >= 4 is 11.9 Å². The molecule has 2 atom stereocenters. The highest BCUT2D eigenvalue weighted by Gasteiger charge is 2.28. The molecule has 0 bridgehead atoms. The van der Waals surface area contributed by atoms with Crippen LogP contribution in [-0.4, -0.2) is 45.7 Å². The Bertz CT molecular complexity index is 621. The summed E-state index contributed by atoms with van der Waals surface area (Å²) in [5.74, 6) is -0.378. The third-order valence-electron chi connectivity index (χ3n) is 4.49. The number of carbonyl (C=O) groups excluding carboxylic acids is 1. The molecule has 1 amide bonds. The van der Waals surface area contributed by atoms with Gasteiger partial charge in [0.15, 0.2) is 0 Å². The highest BCUT2D eigenvalue weighted by Crippen LogP contribution is 2.21. The summed E-state index contributed by atoms with van der Waals surface area (Å²) in [5, 5.41) is 18.9. The molecule has 5 nitrogen and oxygen atoms in total. The summed E-state index contributed by atoms with van der Waals surface area (Å²) in [7, 11) is 0. The molecule has 25 heavy (non-hydrogen) atoms. The molecule has 136 valence electrons. The third-order valence-corrected chi connectivity index (χ3v) is 4.49. The van der Waals surface area contributed by atoms with Crippen molar-refractivity contribution < 1.29 is 19.8 Å². The molecule has 0 spiro atoms. The van der Waals surface area contributed by atoms with Crippen LogP contribution in [0, 0.1) is 5.92 Å². The van der Waals surface area contributed by atoms with Gasteiger partial charge in [-0.2, -0.15) is 0 Å². The molecule has 1 aliphatic rings. The van der Waals surface area contributed by atoms with E-state index < -0.39 is 12.1 Å². The molecule has 0 radical (unpaired) electrons. The number of rotatable bonds is 8. The zero-order valence-corrected chi connectivity index (χ0v) is 14.9. The van der Waals surface area contributed by atoms with E-state index >= 15 is 0 Å². The molecule has 0 saturated carbocycles. The van der Waals surface area contributed by atoms with E-state index in [-0.39, 0.29) is 17.5 Å². The van der Waals surface area contributed by atoms with Crippen LogP contribution in [0.4, 0.5) is 0 Å². The van der Waals surface area contributed by atoms with Crippen LogP contribution in [0.15, 0.2) is 36.4 Å². The molecule has 1 saturated heterocycles. The second kappa shape index (κ2) is 8.81. The Kier molecular flexibility index (Phi) is 6.76. The molecule has 2 rings (SSSR count). The summed E-state index contributed by atoms with van der Waals surface area (Å²) in [4.78, 5) is 24.9. The van der Waals surface area contributed by atoms with Crippen molar-refractivity contribution in [2.75, 3.05) is 6.54 Å². The minimum absolute atomic E-state index is 0.0348. The molecule has 1 aromatic rings. The van der Waals surface area contributed by atoms with Crippen LogP contribution in [-0.2, 0) is 11.2 Å². The molecular formula is C20H27NO4. The number of hydrogen-bond donors (Lipinski definition) is 2. The summed E-state index contributed by atoms with van der Waals surface area (Å²) in [6.45, 7) is 4.73. The van der Waals surface area contributed by atoms with E-state index in [2.05, 4.69) is 13.8 Å². The number of carboxylic acid groups (broad SMARTS) is 1. The van der Waals surface area contributed by atoms with E-state index in [1.54, 1.807) is 30.3 Å². The van der Waals surface area contributed by atoms with Crippen molar-refractivity contribution in [2.24, 2.45) is 5.92 Å². The maximum Gasteiger partial charge on any atom is 0.335 e. The van der Waals surface area contributed by atoms with E-state index in [0.29, 0.717) is 31.7 Å². The van der Waals surface area contributed by atoms with Crippen molar-refractivity contribution in [2.45, 2.75) is 51.7 Å². The fraction of sp³-hybridized carbons (Fsp3) is 0.500. The molecule has 1 aromatic carbocycles. The normalized spacial score (nSPS) is 19.1. The molecule has 5 heteroatoms. The molecular weight excluding hydrogens is 318 g/mol. The molecule has 2 N–H and O–H groups in total. The summed E-state index contributed by atoms with van der Waals surface area (Å²) >= 11 is 0. The van der Waals surface area contributed by atoms with Crippen LogP contribution in [0.2, 0.25) is 0 Å². The van der Waals surface area contributed by atoms with Gasteiger partial charge in [-0.05, 0) is 42.9 Å². The van der Waals surface area contributed by atoms with Gasteiger partial charge in [0.05, 0.1) is 17.7 Å². The maximum atomic E-state index is 12.1. The van der Waals surface area contributed by atoms with Gasteiger partial charge in [-0.15, -0.1) is 0 Å². The standard InChI is InChI=1S/C20H27NO4/c1-14(2)13-18(22)9-7-17-8-10-19(23)21(17)12-11-15-3-5-16(6-4-15)20(24)25/h3-7,9,14,17-18,22H,8,10-13H2,1-2H3,(H,24,25)/t17-,18+/m0/s1. The summed E-state index contributed by atoms with van der Waals surface area (Å²) in [5.41, 5.74) is 1.27. The average molecular weight is 345 g/mol. The molecule has 0 aliphatic carbocycles. The van der Waals surface area contributed by atoms with Crippen molar-refractivity contribution in [1.82, 2.24) is 4.90 Å². The van der Waals surface area contributed by atoms with E-state index in [0.717, 1.165) is 12.0 Å². The first kappa shape index (κ1) is 19.2. The van der Waals surface area contributed by atoms with Gasteiger partial charge in [0, 0.05) is 13.0 Å². The lowest BCUT2D eigenvalue weighted by atomic mass is 10.0. The third kappa shape index (κ3) is 5.71. The van der Waals surface area contributed by atoms with Crippen molar-refractivity contribution in [3.8, 4) is 0 Å². The number of carboxylic acids is 1. The van der Waals surface area contributed by atoms with Gasteiger partial charge >= 0.3 is 5.97 Å². The first-order valence-corrected chi connectivity index (χ1v) is 8.85. The predicted octanol–water partition coefficient (Wildman–Crippen LogP) is 2.88. The van der Waals surface area contributed by atoms with Gasteiger partial charge in [0.2, 0.25) is 5.91 Å². The Labute approximate surface area is 149 Å². The lowest BCUT2D eigenvalue weighted by molar-refractivity contribution is -0.128. The quantitative estimate of drug-likeness (QED) is 0.710. The van der Waals surface area contributed by atoms with Crippen molar-refractivity contribution in [3.05, 3.63) is 47.5 Å². The molecule has 1 fully saturated rings. The van der Waals surface area contributed by atoms with Crippen LogP contribution in [0.25, 0.3) is 0 Å². The SMILES string of the molecule is CC(C)C[C@H](O)C=C[C@H]1CCC(=O)N1CCc1ccc(C(=O)O)cc1. The van der Waals surface area contributed by atoms with Gasteiger partial charge in [-0.1, -0.05) is 38.1 Å². The fourth-order valence-electron chi connectivity index (χ4n) is 3.13. The van der Waals surface area contributed by atoms with Crippen molar-refractivity contribution in [1.29, 1.82) is 0 Å². The van der Waals surface area contributed by atoms with Gasteiger partial charge in [0.25, 0.3) is 0 Å². The number of amides is 1. The van der Waals surface area contributed by atoms with E-state index in [4.69, 9.17) is 5.11 Å². The highest BCUT2D eigenvalue weighted by atomic mass is 16.4. The second-order valence-electron chi connectivity index (χ2n) is 7.03. The highest BCUT2D eigenvalue weighted by molar-refractivity contribution is 5.87. The predicted molar refractivity (Wildman–Crippen MR) is 96.4 cm³/mol. The Morgan fingerprint density at radius 2 is 2.00 bits per heavy atom. The fourth-order valence-corrected chi connectivity index (χ4v) is 3.13. The number of aliphatic hydroxyl groups is 1. The monoisotopic (exact) mass is 345 g/mol. The number of likely N-dealkylation sites (tertiary alicyclic amines) is 1. The summed E-state index contributed by atoms with van der Waals surface area (Å²) in [6.07, 6.45) is 6.00. The number of benzene rings is 1. The minimum atomic E-state index is -0.938. The van der Waals surface area contributed by atoms with Crippen LogP contribution in [0.1, 0.15) is 49.0 Å². The average Bonchev–Trinajstić information content (AvgIpc) is 2.91. The smallest absolute Gasteiger partial charge is 0.335 e. The number of aliphatic hydroxyl groups excluding tert-OH is 1. The van der Waals surface area contributed by atoms with Gasteiger partial charge in [-0.25, -0.2) is 4.79 Å². The van der Waals surface area contributed by atoms with Gasteiger partial charge in [-0.3, -0.25) is 4.79 Å². The molecule has 1 aliphatic heterocycles. The van der Waals surface area contributed by atoms with Gasteiger partial charge < -0.3 is 15.1 Å². The summed E-state index contributed by atoms with van der Waals surface area (Å²) < 4.78 is 0. The Balaban J connectivity index is 1.93. The zero-order chi connectivity index (χ0) is 18.4. The zero-order valence-electron chi connectivity index (χ0n) is 14.9. The largest absolute Gasteiger partial charge is 0.478 e. The lowest BCUT2D eigenvalue weighted by Gasteiger charge is -2.23. The lowest BCUT2D eigenvalue weighted by Crippen LogP contribution is -2.33. The van der Waals surface area contributed by atoms with E-state index in [1.807, 2.05) is 11.0 Å². The van der Waals surface area contributed by atoms with E-state index in [9.17, 15) is 14.7 Å². The number of nitrogens with zero attached hydrogens (tertiary/aromatic N) is 1. The number of aromatic carboxylic acids is 1. The summed E-state index contributed by atoms with van der Waals surface area (Å²) in [6, 6.07) is 6.79. The topological polar surface area (TPSA) is 77.8 Å². The molecule has 0 aromatic heterocycles. The Hall–Kier alpha value is -2.14. The number of hydrogen-bond acceptors (Lipinski definition) is 3. The Morgan fingerprint density at radius 3 is 2.60 bits per heavy atom. The maximum absolute atomic E-state index is 12.1. The second-order valence-corrected chi connectivity index (χ2v) is 7.03. The van der Waals surface area contributed by atoms with Crippen LogP contribution < -0.4 is 0 Å². The van der Waals surface area contributed by atoms with Crippen molar-refractivity contribution in [3.63, 3.8) is 0 Å². The van der Waals surface area contributed by atoms with E-state index in [1.165, 1.54) is 0 Å². The van der Waals surface area contributed by atoms with Crippen LogP contribution in [0.5, 0.6) is 0 Å². The molecule has 1 heterocycles. The van der Waals surface area contributed by atoms with Gasteiger partial charge in [0.1, 0.15) is 0 Å². The van der Waals surface area contributed by atoms with Crippen LogP contribution >= 0.6 is 0 Å². The first-order valence-electron chi connectivity index (χ1n) is 8.85. The minimum Gasteiger partial charge on any atom is -0.478 e. The van der Waals surface area contributed by atoms with Crippen LogP contribution in [0.3, 0.4) is 0 Å². The molecule has 0 unspecified atom stereocenters. The number of carbonyl (C=O) groups is 2.